The van der Waals surface area contributed by atoms with Gasteiger partial charge in [0.2, 0.25) is 11.4 Å². The van der Waals surface area contributed by atoms with Crippen LogP contribution in [0.3, 0.4) is 0 Å². The number of aliphatic hydroxyl groups is 2. The Hall–Kier alpha value is -2.58. The maximum atomic E-state index is 14.1. The van der Waals surface area contributed by atoms with Crippen LogP contribution in [0.1, 0.15) is 25.3 Å². The van der Waals surface area contributed by atoms with Crippen LogP contribution in [0.4, 0.5) is 26.3 Å². The van der Waals surface area contributed by atoms with Crippen LogP contribution < -0.4 is 10.1 Å². The van der Waals surface area contributed by atoms with Crippen LogP contribution in [0.5, 0.6) is 5.75 Å². The van der Waals surface area contributed by atoms with Crippen molar-refractivity contribution in [1.29, 1.82) is 0 Å². The van der Waals surface area contributed by atoms with Gasteiger partial charge in [-0.05, 0) is 31.5 Å². The fourth-order valence-corrected chi connectivity index (χ4v) is 3.96. The first-order chi connectivity index (χ1) is 15.6. The van der Waals surface area contributed by atoms with Crippen molar-refractivity contribution in [2.75, 3.05) is 20.3 Å². The third kappa shape index (κ3) is 4.66. The standard InChI is InChI=1S/C20H23F6NO7/c1-4-33-15(28)13-12(10-6-8-11(32-3)9-7-10)14(16(29)34-5-2)18(31,20(24,25)26)27-17(13,30)19(21,22)23/h6-9,12-14,27,30-31H,4-5H2,1-3H3/t12?,13-,14-,17-,18+/m1/s1. The Bertz CT molecular complexity index is 843. The van der Waals surface area contributed by atoms with Crippen molar-refractivity contribution in [2.45, 2.75) is 43.6 Å². The van der Waals surface area contributed by atoms with E-state index in [0.717, 1.165) is 29.6 Å². The number of benzene rings is 1. The first-order valence-electron chi connectivity index (χ1n) is 9.93. The number of carbonyl (C=O) groups is 2. The van der Waals surface area contributed by atoms with Crippen LogP contribution >= 0.6 is 0 Å². The number of ether oxygens (including phenoxy) is 3. The van der Waals surface area contributed by atoms with Gasteiger partial charge < -0.3 is 24.4 Å². The molecule has 2 rings (SSSR count). The van der Waals surface area contributed by atoms with E-state index in [2.05, 4.69) is 9.47 Å². The number of esters is 2. The molecule has 1 fully saturated rings. The van der Waals surface area contributed by atoms with Crippen LogP contribution in [-0.4, -0.2) is 66.3 Å². The Balaban J connectivity index is 2.95. The predicted molar refractivity (Wildman–Crippen MR) is 101 cm³/mol. The molecular weight excluding hydrogens is 480 g/mol. The van der Waals surface area contributed by atoms with Gasteiger partial charge in [0.25, 0.3) is 0 Å². The second-order valence-corrected chi connectivity index (χ2v) is 7.41. The predicted octanol–water partition coefficient (Wildman–Crippen LogP) is 2.24. The summed E-state index contributed by atoms with van der Waals surface area (Å²) < 4.78 is 98.5. The molecule has 0 amide bonds. The van der Waals surface area contributed by atoms with Crippen LogP contribution in [0, 0.1) is 11.8 Å². The fourth-order valence-electron chi connectivity index (χ4n) is 3.96. The molecule has 0 aliphatic carbocycles. The number of piperidine rings is 1. The molecule has 192 valence electrons. The topological polar surface area (TPSA) is 114 Å². The number of alkyl halides is 6. The van der Waals surface area contributed by atoms with Crippen LogP contribution in [0.15, 0.2) is 24.3 Å². The van der Waals surface area contributed by atoms with E-state index in [1.807, 2.05) is 0 Å². The van der Waals surface area contributed by atoms with Crippen molar-refractivity contribution < 1.29 is 60.4 Å². The molecule has 0 spiro atoms. The van der Waals surface area contributed by atoms with Gasteiger partial charge in [0, 0.05) is 5.92 Å². The van der Waals surface area contributed by atoms with E-state index in [4.69, 9.17) is 4.74 Å². The average Bonchev–Trinajstić information content (AvgIpc) is 2.72. The van der Waals surface area contributed by atoms with Gasteiger partial charge in [0.1, 0.15) is 17.6 Å². The Morgan fingerprint density at radius 1 is 0.882 bits per heavy atom. The molecule has 1 unspecified atom stereocenters. The quantitative estimate of drug-likeness (QED) is 0.400. The SMILES string of the molecule is CCOC(=O)[C@H]1C(c2ccc(OC)cc2)[C@H](C(=O)OCC)[C@](O)(C(F)(F)F)N[C@]1(O)C(F)(F)F. The average molecular weight is 503 g/mol. The summed E-state index contributed by atoms with van der Waals surface area (Å²) in [4.78, 5) is 25.4. The van der Waals surface area contributed by atoms with Gasteiger partial charge in [-0.25, -0.2) is 5.32 Å². The minimum Gasteiger partial charge on any atom is -0.497 e. The second kappa shape index (κ2) is 9.58. The molecule has 0 radical (unpaired) electrons. The molecule has 1 aromatic carbocycles. The van der Waals surface area contributed by atoms with Crippen molar-refractivity contribution >= 4 is 11.9 Å². The van der Waals surface area contributed by atoms with Gasteiger partial charge in [-0.2, -0.15) is 26.3 Å². The molecule has 8 nitrogen and oxygen atoms in total. The molecule has 1 aliphatic heterocycles. The van der Waals surface area contributed by atoms with Crippen molar-refractivity contribution in [1.82, 2.24) is 5.32 Å². The zero-order valence-electron chi connectivity index (χ0n) is 18.2. The van der Waals surface area contributed by atoms with Gasteiger partial charge in [0.05, 0.1) is 20.3 Å². The van der Waals surface area contributed by atoms with Crippen LogP contribution in [0.25, 0.3) is 0 Å². The maximum Gasteiger partial charge on any atom is 0.432 e. The monoisotopic (exact) mass is 503 g/mol. The van der Waals surface area contributed by atoms with Crippen molar-refractivity contribution in [2.24, 2.45) is 11.8 Å². The number of carbonyl (C=O) groups excluding carboxylic acids is 2. The summed E-state index contributed by atoms with van der Waals surface area (Å²) in [6, 6.07) is 4.31. The van der Waals surface area contributed by atoms with E-state index in [9.17, 15) is 46.1 Å². The Kier molecular flexibility index (Phi) is 7.80. The van der Waals surface area contributed by atoms with E-state index >= 15 is 0 Å². The molecule has 0 saturated carbocycles. The van der Waals surface area contributed by atoms with Crippen LogP contribution in [-0.2, 0) is 19.1 Å². The number of rotatable bonds is 6. The van der Waals surface area contributed by atoms with Gasteiger partial charge in [0.15, 0.2) is 0 Å². The number of hydrogen-bond donors (Lipinski definition) is 3. The molecule has 14 heteroatoms. The normalized spacial score (nSPS) is 29.9. The van der Waals surface area contributed by atoms with Gasteiger partial charge in [-0.3, -0.25) is 9.59 Å². The highest BCUT2D eigenvalue weighted by molar-refractivity contribution is 5.81. The van der Waals surface area contributed by atoms with E-state index in [-0.39, 0.29) is 5.75 Å². The zero-order chi connectivity index (χ0) is 26.1. The van der Waals surface area contributed by atoms with Crippen LogP contribution in [0.2, 0.25) is 0 Å². The van der Waals surface area contributed by atoms with Crippen molar-refractivity contribution in [3.05, 3.63) is 29.8 Å². The number of halogens is 6. The first kappa shape index (κ1) is 27.7. The lowest BCUT2D eigenvalue weighted by molar-refractivity contribution is -0.376. The molecule has 3 N–H and O–H groups in total. The number of nitrogens with one attached hydrogen (secondary N) is 1. The summed E-state index contributed by atoms with van der Waals surface area (Å²) in [6.45, 7) is 1.45. The third-order valence-electron chi connectivity index (χ3n) is 5.45. The molecule has 1 aliphatic rings. The van der Waals surface area contributed by atoms with Crippen molar-refractivity contribution in [3.63, 3.8) is 0 Å². The van der Waals surface area contributed by atoms with Gasteiger partial charge in [-0.15, -0.1) is 0 Å². The molecule has 0 aromatic heterocycles. The molecule has 5 atom stereocenters. The van der Waals surface area contributed by atoms with E-state index in [0.29, 0.717) is 0 Å². The minimum absolute atomic E-state index is 0.148. The largest absolute Gasteiger partial charge is 0.497 e. The van der Waals surface area contributed by atoms with Gasteiger partial charge in [-0.1, -0.05) is 12.1 Å². The minimum atomic E-state index is -5.94. The Labute approximate surface area is 189 Å². The van der Waals surface area contributed by atoms with Gasteiger partial charge >= 0.3 is 24.3 Å². The summed E-state index contributed by atoms with van der Waals surface area (Å²) >= 11 is 0. The van der Waals surface area contributed by atoms with E-state index in [1.54, 1.807) is 0 Å². The molecule has 34 heavy (non-hydrogen) atoms. The molecule has 0 bridgehead atoms. The highest BCUT2D eigenvalue weighted by Gasteiger charge is 2.78. The fraction of sp³-hybridized carbons (Fsp3) is 0.600. The smallest absolute Gasteiger partial charge is 0.432 e. The van der Waals surface area contributed by atoms with Crippen molar-refractivity contribution in [3.8, 4) is 5.75 Å². The number of methoxy groups -OCH3 is 1. The maximum absolute atomic E-state index is 14.1. The summed E-state index contributed by atoms with van der Waals surface area (Å²) in [5, 5.41) is 21.8. The third-order valence-corrected chi connectivity index (χ3v) is 5.45. The zero-order valence-corrected chi connectivity index (χ0v) is 18.2. The highest BCUT2D eigenvalue weighted by atomic mass is 19.4. The van der Waals surface area contributed by atoms with E-state index in [1.165, 1.54) is 21.0 Å². The molecule has 1 saturated heterocycles. The summed E-state index contributed by atoms with van der Waals surface area (Å²) in [7, 11) is 1.24. The van der Waals surface area contributed by atoms with E-state index < -0.39 is 72.3 Å². The lowest BCUT2D eigenvalue weighted by Gasteiger charge is -2.54. The molecule has 1 aromatic rings. The lowest BCUT2D eigenvalue weighted by Crippen LogP contribution is -2.81. The Morgan fingerprint density at radius 2 is 1.26 bits per heavy atom. The molecule has 1 heterocycles. The number of hydrogen-bond acceptors (Lipinski definition) is 8. The summed E-state index contributed by atoms with van der Waals surface area (Å²) in [6.07, 6.45) is -11.9. The Morgan fingerprint density at radius 3 is 1.56 bits per heavy atom. The lowest BCUT2D eigenvalue weighted by atomic mass is 9.64. The second-order valence-electron chi connectivity index (χ2n) is 7.41. The first-order valence-corrected chi connectivity index (χ1v) is 9.93. The summed E-state index contributed by atoms with van der Waals surface area (Å²) in [5.74, 6) is -11.5. The molecular formula is C20H23F6NO7. The highest BCUT2D eigenvalue weighted by Crippen LogP contribution is 2.55. The summed E-state index contributed by atoms with van der Waals surface area (Å²) in [5.41, 5.74) is -9.74.